The van der Waals surface area contributed by atoms with Crippen LogP contribution in [0.2, 0.25) is 0 Å². The third-order valence-electron chi connectivity index (χ3n) is 4.80. The van der Waals surface area contributed by atoms with Gasteiger partial charge >= 0.3 is 6.18 Å². The minimum absolute atomic E-state index is 0.0193. The molecule has 1 aliphatic heterocycles. The molecule has 1 aliphatic rings. The summed E-state index contributed by atoms with van der Waals surface area (Å²) in [6, 6.07) is 8.75. The summed E-state index contributed by atoms with van der Waals surface area (Å²) in [7, 11) is 0. The Morgan fingerprint density at radius 2 is 1.83 bits per heavy atom. The van der Waals surface area contributed by atoms with E-state index in [4.69, 9.17) is 0 Å². The minimum atomic E-state index is -4.64. The fourth-order valence-electron chi connectivity index (χ4n) is 3.33. The Morgan fingerprint density at radius 3 is 2.52 bits per heavy atom. The maximum absolute atomic E-state index is 12.9. The lowest BCUT2D eigenvalue weighted by Crippen LogP contribution is -2.35. The number of nitrogens with zero attached hydrogens (tertiary/aromatic N) is 5. The van der Waals surface area contributed by atoms with Crippen LogP contribution in [0.25, 0.3) is 17.0 Å². The molecule has 4 rings (SSSR count). The van der Waals surface area contributed by atoms with Gasteiger partial charge in [-0.3, -0.25) is 9.69 Å². The summed E-state index contributed by atoms with van der Waals surface area (Å²) >= 11 is 0. The molecule has 0 atom stereocenters. The van der Waals surface area contributed by atoms with Crippen molar-refractivity contribution in [3.8, 4) is 11.3 Å². The first-order valence-corrected chi connectivity index (χ1v) is 9.27. The number of hydrogen-bond donors (Lipinski definition) is 1. The first kappa shape index (κ1) is 19.3. The van der Waals surface area contributed by atoms with Crippen LogP contribution in [0.15, 0.2) is 36.5 Å². The lowest BCUT2D eigenvalue weighted by Gasteiger charge is -2.14. The van der Waals surface area contributed by atoms with Gasteiger partial charge in [-0.25, -0.2) is 4.98 Å². The number of carbonyl (C=O) groups excluding carboxylic acids is 1. The number of aromatic nitrogens is 4. The Bertz CT molecular complexity index is 1010. The van der Waals surface area contributed by atoms with Crippen molar-refractivity contribution < 1.29 is 18.0 Å². The lowest BCUT2D eigenvalue weighted by atomic mass is 10.1. The first-order chi connectivity index (χ1) is 13.9. The van der Waals surface area contributed by atoms with Gasteiger partial charge in [-0.05, 0) is 37.6 Å². The molecular formula is C19H19F3N6O. The number of fused-ring (bicyclic) bond motifs is 1. The summed E-state index contributed by atoms with van der Waals surface area (Å²) < 4.78 is 39.7. The number of rotatable bonds is 5. The number of benzene rings is 1. The smallest absolute Gasteiger partial charge is 0.351 e. The molecule has 1 N–H and O–H groups in total. The molecule has 3 heterocycles. The Hall–Kier alpha value is -3.01. The zero-order chi connectivity index (χ0) is 20.4. The van der Waals surface area contributed by atoms with Crippen molar-refractivity contribution in [3.05, 3.63) is 47.9 Å². The molecule has 3 aromatic rings. The molecule has 1 aromatic carbocycles. The molecule has 10 heteroatoms. The molecule has 0 bridgehead atoms. The predicted octanol–water partition coefficient (Wildman–Crippen LogP) is 2.52. The van der Waals surface area contributed by atoms with E-state index in [0.717, 1.165) is 36.0 Å². The highest BCUT2D eigenvalue weighted by Gasteiger charge is 2.36. The quantitative estimate of drug-likeness (QED) is 0.707. The zero-order valence-electron chi connectivity index (χ0n) is 15.5. The summed E-state index contributed by atoms with van der Waals surface area (Å²) in [5, 5.41) is 6.44. The van der Waals surface area contributed by atoms with Crippen molar-refractivity contribution in [1.82, 2.24) is 29.8 Å². The molecule has 152 valence electrons. The number of halogens is 3. The van der Waals surface area contributed by atoms with E-state index < -0.39 is 12.0 Å². The van der Waals surface area contributed by atoms with E-state index in [0.29, 0.717) is 24.3 Å². The first-order valence-electron chi connectivity index (χ1n) is 9.27. The van der Waals surface area contributed by atoms with Gasteiger partial charge in [0.25, 0.3) is 11.6 Å². The topological polar surface area (TPSA) is 75.4 Å². The van der Waals surface area contributed by atoms with Gasteiger partial charge < -0.3 is 5.32 Å². The number of alkyl halides is 3. The van der Waals surface area contributed by atoms with Crippen LogP contribution < -0.4 is 5.32 Å². The maximum atomic E-state index is 12.9. The molecule has 0 aliphatic carbocycles. The molecule has 1 saturated heterocycles. The molecule has 0 radical (unpaired) electrons. The highest BCUT2D eigenvalue weighted by atomic mass is 19.4. The molecule has 29 heavy (non-hydrogen) atoms. The molecular weight excluding hydrogens is 385 g/mol. The standard InChI is InChI=1S/C19H19F3N6O/c20-19(21,22)17-25-18-23-8-7-15(28(18)26-17)14-5-3-13(4-6-14)11-24-16(29)12-27-9-1-2-10-27/h3-8H,1-2,9-12H2,(H,24,29). The second-order valence-electron chi connectivity index (χ2n) is 6.93. The lowest BCUT2D eigenvalue weighted by molar-refractivity contribution is -0.144. The van der Waals surface area contributed by atoms with E-state index in [-0.39, 0.29) is 11.7 Å². The molecule has 2 aromatic heterocycles. The number of nitrogens with one attached hydrogen (secondary N) is 1. The van der Waals surface area contributed by atoms with Gasteiger partial charge in [0.1, 0.15) is 0 Å². The van der Waals surface area contributed by atoms with Crippen molar-refractivity contribution in [2.45, 2.75) is 25.6 Å². The largest absolute Gasteiger partial charge is 0.453 e. The Morgan fingerprint density at radius 1 is 1.10 bits per heavy atom. The van der Waals surface area contributed by atoms with Gasteiger partial charge in [0.2, 0.25) is 5.91 Å². The monoisotopic (exact) mass is 404 g/mol. The van der Waals surface area contributed by atoms with E-state index in [1.54, 1.807) is 18.2 Å². The summed E-state index contributed by atoms with van der Waals surface area (Å²) in [6.45, 7) is 2.71. The second-order valence-corrected chi connectivity index (χ2v) is 6.93. The summed E-state index contributed by atoms with van der Waals surface area (Å²) in [5.41, 5.74) is 2.01. The predicted molar refractivity (Wildman–Crippen MR) is 98.7 cm³/mol. The molecule has 1 amide bonds. The third-order valence-corrected chi connectivity index (χ3v) is 4.80. The maximum Gasteiger partial charge on any atom is 0.453 e. The zero-order valence-corrected chi connectivity index (χ0v) is 15.5. The van der Waals surface area contributed by atoms with E-state index >= 15 is 0 Å². The van der Waals surface area contributed by atoms with Crippen molar-refractivity contribution in [2.24, 2.45) is 0 Å². The summed E-state index contributed by atoms with van der Waals surface area (Å²) in [4.78, 5) is 21.4. The van der Waals surface area contributed by atoms with E-state index in [1.807, 2.05) is 12.1 Å². The highest BCUT2D eigenvalue weighted by Crippen LogP contribution is 2.27. The van der Waals surface area contributed by atoms with Crippen molar-refractivity contribution in [3.63, 3.8) is 0 Å². The highest BCUT2D eigenvalue weighted by molar-refractivity contribution is 5.78. The fraction of sp³-hybridized carbons (Fsp3) is 0.368. The average Bonchev–Trinajstić information content (AvgIpc) is 3.35. The number of hydrogen-bond acceptors (Lipinski definition) is 5. The fourth-order valence-corrected chi connectivity index (χ4v) is 3.33. The SMILES string of the molecule is O=C(CN1CCCC1)NCc1ccc(-c2ccnc3nc(C(F)(F)F)nn23)cc1. The van der Waals surface area contributed by atoms with Crippen LogP contribution in [0.4, 0.5) is 13.2 Å². The van der Waals surface area contributed by atoms with Gasteiger partial charge in [0, 0.05) is 18.3 Å². The van der Waals surface area contributed by atoms with Crippen LogP contribution in [0, 0.1) is 0 Å². The molecule has 1 fully saturated rings. The minimum Gasteiger partial charge on any atom is -0.351 e. The van der Waals surface area contributed by atoms with Crippen LogP contribution in [0.5, 0.6) is 0 Å². The Kier molecular flexibility index (Phi) is 5.18. The third kappa shape index (κ3) is 4.37. The molecule has 7 nitrogen and oxygen atoms in total. The Balaban J connectivity index is 1.46. The summed E-state index contributed by atoms with van der Waals surface area (Å²) in [6.07, 6.45) is -0.978. The van der Waals surface area contributed by atoms with Crippen molar-refractivity contribution in [1.29, 1.82) is 0 Å². The number of amides is 1. The second kappa shape index (κ2) is 7.78. The number of likely N-dealkylation sites (tertiary alicyclic amines) is 1. The molecule has 0 spiro atoms. The van der Waals surface area contributed by atoms with Crippen LogP contribution in [0.3, 0.4) is 0 Å². The van der Waals surface area contributed by atoms with E-state index in [2.05, 4.69) is 25.3 Å². The van der Waals surface area contributed by atoms with Crippen LogP contribution in [0.1, 0.15) is 24.2 Å². The normalized spacial score (nSPS) is 15.1. The summed E-state index contributed by atoms with van der Waals surface area (Å²) in [5.74, 6) is -1.36. The van der Waals surface area contributed by atoms with Gasteiger partial charge in [-0.15, -0.1) is 5.10 Å². The number of carbonyl (C=O) groups is 1. The molecule has 0 saturated carbocycles. The van der Waals surface area contributed by atoms with Gasteiger partial charge in [0.15, 0.2) is 0 Å². The van der Waals surface area contributed by atoms with E-state index in [9.17, 15) is 18.0 Å². The Labute approximate surface area is 164 Å². The van der Waals surface area contributed by atoms with Crippen molar-refractivity contribution >= 4 is 11.7 Å². The van der Waals surface area contributed by atoms with Crippen molar-refractivity contribution in [2.75, 3.05) is 19.6 Å². The van der Waals surface area contributed by atoms with E-state index in [1.165, 1.54) is 6.20 Å². The van der Waals surface area contributed by atoms with Crippen LogP contribution in [-0.4, -0.2) is 50.0 Å². The van der Waals surface area contributed by atoms with Gasteiger partial charge in [-0.1, -0.05) is 24.3 Å². The van der Waals surface area contributed by atoms with Crippen LogP contribution in [-0.2, 0) is 17.5 Å². The average molecular weight is 404 g/mol. The van der Waals surface area contributed by atoms with Gasteiger partial charge in [0.05, 0.1) is 12.2 Å². The molecule has 0 unspecified atom stereocenters. The van der Waals surface area contributed by atoms with Gasteiger partial charge in [-0.2, -0.15) is 22.7 Å². The van der Waals surface area contributed by atoms with Crippen LogP contribution >= 0.6 is 0 Å².